The summed E-state index contributed by atoms with van der Waals surface area (Å²) in [6, 6.07) is 2.24. The summed E-state index contributed by atoms with van der Waals surface area (Å²) in [6.07, 6.45) is -0.556. The van der Waals surface area contributed by atoms with Crippen LogP contribution >= 0.6 is 0 Å². The number of hydrogen-bond donors (Lipinski definition) is 2. The SMILES string of the molecule is Cc1cc(C(=O)NCC(O)C(C)(C)C)c(C)n1C(C)C. The fourth-order valence-corrected chi connectivity index (χ4v) is 2.39. The third-order valence-corrected chi connectivity index (χ3v) is 3.70. The summed E-state index contributed by atoms with van der Waals surface area (Å²) >= 11 is 0. The molecule has 20 heavy (non-hydrogen) atoms. The molecule has 1 rings (SSSR count). The molecule has 1 heterocycles. The van der Waals surface area contributed by atoms with Gasteiger partial charge >= 0.3 is 0 Å². The first-order chi connectivity index (χ1) is 9.05. The molecule has 2 N–H and O–H groups in total. The van der Waals surface area contributed by atoms with Crippen LogP contribution in [-0.4, -0.2) is 28.2 Å². The van der Waals surface area contributed by atoms with E-state index >= 15 is 0 Å². The number of nitrogens with zero attached hydrogens (tertiary/aromatic N) is 1. The lowest BCUT2D eigenvalue weighted by molar-refractivity contribution is 0.0586. The molecule has 1 aromatic heterocycles. The molecule has 1 aromatic rings. The maximum atomic E-state index is 12.2. The lowest BCUT2D eigenvalue weighted by Crippen LogP contribution is -2.39. The summed E-state index contributed by atoms with van der Waals surface area (Å²) in [5.74, 6) is -0.117. The molecular formula is C16H28N2O2. The molecular weight excluding hydrogens is 252 g/mol. The molecule has 0 saturated carbocycles. The van der Waals surface area contributed by atoms with Crippen molar-refractivity contribution in [2.45, 2.75) is 60.6 Å². The molecule has 0 aliphatic carbocycles. The summed E-state index contributed by atoms with van der Waals surface area (Å²) < 4.78 is 2.15. The topological polar surface area (TPSA) is 54.3 Å². The van der Waals surface area contributed by atoms with Crippen LogP contribution in [-0.2, 0) is 0 Å². The minimum absolute atomic E-state index is 0.117. The van der Waals surface area contributed by atoms with Gasteiger partial charge in [0.25, 0.3) is 5.91 Å². The van der Waals surface area contributed by atoms with Gasteiger partial charge in [-0.15, -0.1) is 0 Å². The van der Waals surface area contributed by atoms with Crippen molar-refractivity contribution in [2.24, 2.45) is 5.41 Å². The van der Waals surface area contributed by atoms with Crippen LogP contribution in [0.2, 0.25) is 0 Å². The number of aryl methyl sites for hydroxylation is 1. The van der Waals surface area contributed by atoms with Crippen molar-refractivity contribution in [3.05, 3.63) is 23.0 Å². The van der Waals surface area contributed by atoms with E-state index in [0.29, 0.717) is 11.6 Å². The first-order valence-electron chi connectivity index (χ1n) is 7.20. The number of amides is 1. The van der Waals surface area contributed by atoms with Gasteiger partial charge in [-0.1, -0.05) is 20.8 Å². The van der Waals surface area contributed by atoms with Crippen LogP contribution in [0, 0.1) is 19.3 Å². The van der Waals surface area contributed by atoms with Crippen LogP contribution in [0.1, 0.15) is 62.4 Å². The molecule has 114 valence electrons. The lowest BCUT2D eigenvalue weighted by Gasteiger charge is -2.25. The second-order valence-electron chi connectivity index (χ2n) is 6.84. The molecule has 0 saturated heterocycles. The standard InChI is InChI=1S/C16H28N2O2/c1-10(2)18-11(3)8-13(12(18)4)15(20)17-9-14(19)16(5,6)7/h8,10,14,19H,9H2,1-7H3,(H,17,20). The molecule has 0 aromatic carbocycles. The average molecular weight is 280 g/mol. The van der Waals surface area contributed by atoms with E-state index in [1.165, 1.54) is 0 Å². The van der Waals surface area contributed by atoms with E-state index in [-0.39, 0.29) is 17.9 Å². The number of carbonyl (C=O) groups is 1. The Balaban J connectivity index is 2.82. The van der Waals surface area contributed by atoms with Crippen LogP contribution in [0.4, 0.5) is 0 Å². The fraction of sp³-hybridized carbons (Fsp3) is 0.688. The number of nitrogens with one attached hydrogen (secondary N) is 1. The summed E-state index contributed by atoms with van der Waals surface area (Å²) in [4.78, 5) is 12.2. The predicted molar refractivity (Wildman–Crippen MR) is 82.1 cm³/mol. The largest absolute Gasteiger partial charge is 0.391 e. The van der Waals surface area contributed by atoms with Gasteiger partial charge in [0.05, 0.1) is 11.7 Å². The highest BCUT2D eigenvalue weighted by Crippen LogP contribution is 2.21. The summed E-state index contributed by atoms with van der Waals surface area (Å²) in [5, 5.41) is 12.8. The Labute approximate surface area is 122 Å². The van der Waals surface area contributed by atoms with Crippen LogP contribution < -0.4 is 5.32 Å². The maximum Gasteiger partial charge on any atom is 0.253 e. The zero-order valence-electron chi connectivity index (χ0n) is 13.7. The molecule has 4 nitrogen and oxygen atoms in total. The third-order valence-electron chi connectivity index (χ3n) is 3.70. The molecule has 0 radical (unpaired) electrons. The highest BCUT2D eigenvalue weighted by atomic mass is 16.3. The molecule has 0 aliphatic rings. The Hall–Kier alpha value is -1.29. The van der Waals surface area contributed by atoms with Crippen molar-refractivity contribution < 1.29 is 9.90 Å². The fourth-order valence-electron chi connectivity index (χ4n) is 2.39. The van der Waals surface area contributed by atoms with Gasteiger partial charge in [0.2, 0.25) is 0 Å². The van der Waals surface area contributed by atoms with Gasteiger partial charge in [-0.25, -0.2) is 0 Å². The van der Waals surface area contributed by atoms with E-state index in [4.69, 9.17) is 0 Å². The minimum Gasteiger partial charge on any atom is -0.391 e. The van der Waals surface area contributed by atoms with Crippen molar-refractivity contribution in [1.82, 2.24) is 9.88 Å². The Morgan fingerprint density at radius 2 is 1.90 bits per heavy atom. The van der Waals surface area contributed by atoms with Gasteiger partial charge in [0.1, 0.15) is 0 Å². The predicted octanol–water partition coefficient (Wildman–Crippen LogP) is 2.82. The van der Waals surface area contributed by atoms with E-state index in [2.05, 4.69) is 23.7 Å². The summed E-state index contributed by atoms with van der Waals surface area (Å²) in [7, 11) is 0. The number of aliphatic hydroxyl groups excluding tert-OH is 1. The Morgan fingerprint density at radius 3 is 2.30 bits per heavy atom. The molecule has 1 amide bonds. The molecule has 0 aliphatic heterocycles. The van der Waals surface area contributed by atoms with Crippen LogP contribution in [0.25, 0.3) is 0 Å². The van der Waals surface area contributed by atoms with Gasteiger partial charge in [-0.2, -0.15) is 0 Å². The van der Waals surface area contributed by atoms with Crippen molar-refractivity contribution in [3.63, 3.8) is 0 Å². The Morgan fingerprint density at radius 1 is 1.35 bits per heavy atom. The number of carbonyl (C=O) groups excluding carboxylic acids is 1. The Kier molecular flexibility index (Phi) is 5.03. The molecule has 1 unspecified atom stereocenters. The third kappa shape index (κ3) is 3.63. The van der Waals surface area contributed by atoms with Crippen molar-refractivity contribution in [2.75, 3.05) is 6.54 Å². The highest BCUT2D eigenvalue weighted by Gasteiger charge is 2.23. The molecule has 0 fully saturated rings. The zero-order chi connectivity index (χ0) is 15.7. The van der Waals surface area contributed by atoms with Gasteiger partial charge in [-0.05, 0) is 39.2 Å². The van der Waals surface area contributed by atoms with E-state index in [0.717, 1.165) is 11.4 Å². The van der Waals surface area contributed by atoms with Gasteiger partial charge < -0.3 is 15.0 Å². The highest BCUT2D eigenvalue weighted by molar-refractivity contribution is 5.95. The molecule has 1 atom stereocenters. The lowest BCUT2D eigenvalue weighted by atomic mass is 9.89. The van der Waals surface area contributed by atoms with E-state index in [1.54, 1.807) is 0 Å². The van der Waals surface area contributed by atoms with Crippen LogP contribution in [0.3, 0.4) is 0 Å². The normalized spacial score (nSPS) is 13.7. The first-order valence-corrected chi connectivity index (χ1v) is 7.20. The monoisotopic (exact) mass is 280 g/mol. The van der Waals surface area contributed by atoms with Crippen molar-refractivity contribution >= 4 is 5.91 Å². The first kappa shape index (κ1) is 16.8. The number of rotatable bonds is 4. The molecule has 0 bridgehead atoms. The number of aromatic nitrogens is 1. The van der Waals surface area contributed by atoms with E-state index < -0.39 is 6.10 Å². The average Bonchev–Trinajstić information content (AvgIpc) is 2.59. The molecule has 4 heteroatoms. The van der Waals surface area contributed by atoms with Crippen molar-refractivity contribution in [1.29, 1.82) is 0 Å². The van der Waals surface area contributed by atoms with Gasteiger partial charge in [-0.3, -0.25) is 4.79 Å². The second kappa shape index (κ2) is 6.00. The summed E-state index contributed by atoms with van der Waals surface area (Å²) in [5.41, 5.74) is 2.51. The smallest absolute Gasteiger partial charge is 0.253 e. The van der Waals surface area contributed by atoms with Crippen LogP contribution in [0.15, 0.2) is 6.07 Å². The van der Waals surface area contributed by atoms with Crippen molar-refractivity contribution in [3.8, 4) is 0 Å². The van der Waals surface area contributed by atoms with E-state index in [1.807, 2.05) is 40.7 Å². The minimum atomic E-state index is -0.556. The summed E-state index contributed by atoms with van der Waals surface area (Å²) in [6.45, 7) is 14.3. The van der Waals surface area contributed by atoms with E-state index in [9.17, 15) is 9.90 Å². The molecule has 0 spiro atoms. The van der Waals surface area contributed by atoms with Gasteiger partial charge in [0, 0.05) is 24.0 Å². The number of aliphatic hydroxyl groups is 1. The zero-order valence-corrected chi connectivity index (χ0v) is 13.7. The quantitative estimate of drug-likeness (QED) is 0.891. The van der Waals surface area contributed by atoms with Crippen LogP contribution in [0.5, 0.6) is 0 Å². The number of hydrogen-bond acceptors (Lipinski definition) is 2. The Bertz CT molecular complexity index is 481. The second-order valence-corrected chi connectivity index (χ2v) is 6.84. The van der Waals surface area contributed by atoms with Gasteiger partial charge in [0.15, 0.2) is 0 Å². The maximum absolute atomic E-state index is 12.2.